The van der Waals surface area contributed by atoms with E-state index in [1.807, 2.05) is 0 Å². The van der Waals surface area contributed by atoms with Gasteiger partial charge in [-0.2, -0.15) is 0 Å². The average molecular weight is 246 g/mol. The van der Waals surface area contributed by atoms with Crippen molar-refractivity contribution in [2.24, 2.45) is 0 Å². The quantitative estimate of drug-likeness (QED) is 0.445. The molecule has 1 saturated heterocycles. The van der Waals surface area contributed by atoms with Crippen molar-refractivity contribution in [3.05, 3.63) is 33.1 Å². The van der Waals surface area contributed by atoms with Crippen LogP contribution in [0.4, 0.5) is 0 Å². The smallest absolute Gasteiger partial charge is 0.330 e. The molecule has 0 bridgehead atoms. The highest BCUT2D eigenvalue weighted by molar-refractivity contribution is 4.92. The van der Waals surface area contributed by atoms with Gasteiger partial charge in [-0.05, 0) is 0 Å². The van der Waals surface area contributed by atoms with Crippen LogP contribution in [0.2, 0.25) is 0 Å². The van der Waals surface area contributed by atoms with E-state index in [9.17, 15) is 19.8 Å². The van der Waals surface area contributed by atoms with E-state index in [2.05, 4.69) is 0 Å². The van der Waals surface area contributed by atoms with Crippen molar-refractivity contribution in [2.75, 3.05) is 6.61 Å². The van der Waals surface area contributed by atoms with Crippen molar-refractivity contribution in [1.29, 1.82) is 0 Å². The SMILES string of the molecule is [2H]c1c([2H])n([C@@H]2O[C@H](CO)[C@H](O)C2O)c(=O)[nH]c1=O. The van der Waals surface area contributed by atoms with E-state index in [1.54, 1.807) is 4.98 Å². The van der Waals surface area contributed by atoms with Crippen LogP contribution in [0.3, 0.4) is 0 Å². The first kappa shape index (κ1) is 9.54. The highest BCUT2D eigenvalue weighted by Crippen LogP contribution is 2.27. The molecule has 4 atom stereocenters. The molecule has 94 valence electrons. The fraction of sp³-hybridized carbons (Fsp3) is 0.556. The fourth-order valence-corrected chi connectivity index (χ4v) is 1.62. The molecule has 0 amide bonds. The second-order valence-corrected chi connectivity index (χ2v) is 3.59. The minimum Gasteiger partial charge on any atom is -0.394 e. The Balaban J connectivity index is 2.52. The number of nitrogens with one attached hydrogen (secondary N) is 1. The third-order valence-corrected chi connectivity index (χ3v) is 2.50. The third kappa shape index (κ3) is 2.03. The lowest BCUT2D eigenvalue weighted by Gasteiger charge is -2.16. The van der Waals surface area contributed by atoms with Crippen molar-refractivity contribution in [3.63, 3.8) is 0 Å². The predicted molar refractivity (Wildman–Crippen MR) is 54.3 cm³/mol. The van der Waals surface area contributed by atoms with Gasteiger partial charge in [0.1, 0.15) is 18.3 Å². The molecule has 8 heteroatoms. The van der Waals surface area contributed by atoms with Gasteiger partial charge in [0.25, 0.3) is 5.56 Å². The van der Waals surface area contributed by atoms with Crippen LogP contribution < -0.4 is 11.2 Å². The van der Waals surface area contributed by atoms with E-state index < -0.39 is 54.6 Å². The third-order valence-electron chi connectivity index (χ3n) is 2.50. The minimum absolute atomic E-state index is 0.549. The average Bonchev–Trinajstić information content (AvgIpc) is 2.64. The standard InChI is InChI=1S/C9H12N2O6/c12-3-4-6(14)7(15)8(17-4)11-2-1-5(13)10-9(11)16/h1-2,4,6-8,12,14-15H,3H2,(H,10,13,16)/t4-,6+,7?,8-/m1/s1/i1D,2D. The zero-order valence-corrected chi connectivity index (χ0v) is 8.53. The Bertz CT molecular complexity index is 599. The van der Waals surface area contributed by atoms with Gasteiger partial charge < -0.3 is 20.1 Å². The van der Waals surface area contributed by atoms with Gasteiger partial charge in [-0.3, -0.25) is 14.3 Å². The van der Waals surface area contributed by atoms with Gasteiger partial charge in [0.05, 0.1) is 9.35 Å². The molecule has 0 aromatic carbocycles. The maximum atomic E-state index is 11.6. The van der Waals surface area contributed by atoms with Crippen LogP contribution in [0.5, 0.6) is 0 Å². The lowest BCUT2D eigenvalue weighted by atomic mass is 10.1. The summed E-state index contributed by atoms with van der Waals surface area (Å²) in [5.74, 6) is 0. The number of hydrogen-bond acceptors (Lipinski definition) is 6. The molecule has 1 fully saturated rings. The number of aromatic nitrogens is 2. The summed E-state index contributed by atoms with van der Waals surface area (Å²) in [7, 11) is 0. The molecule has 8 nitrogen and oxygen atoms in total. The molecule has 0 saturated carbocycles. The fourth-order valence-electron chi connectivity index (χ4n) is 1.62. The van der Waals surface area contributed by atoms with Gasteiger partial charge in [-0.25, -0.2) is 4.79 Å². The van der Waals surface area contributed by atoms with Crippen molar-refractivity contribution in [3.8, 4) is 0 Å². The maximum Gasteiger partial charge on any atom is 0.330 e. The minimum atomic E-state index is -1.57. The predicted octanol–water partition coefficient (Wildman–Crippen LogP) is -2.85. The molecule has 1 aliphatic rings. The topological polar surface area (TPSA) is 125 Å². The Hall–Kier alpha value is -1.48. The highest BCUT2D eigenvalue weighted by atomic mass is 16.6. The summed E-state index contributed by atoms with van der Waals surface area (Å²) in [4.78, 5) is 24.5. The molecule has 1 aromatic rings. The van der Waals surface area contributed by atoms with Crippen LogP contribution in [0.25, 0.3) is 0 Å². The van der Waals surface area contributed by atoms with E-state index in [4.69, 9.17) is 12.6 Å². The Morgan fingerprint density at radius 2 is 2.18 bits per heavy atom. The lowest BCUT2D eigenvalue weighted by Crippen LogP contribution is -2.37. The number of aliphatic hydroxyl groups is 3. The molecule has 17 heavy (non-hydrogen) atoms. The normalized spacial score (nSPS) is 34.5. The number of aromatic amines is 1. The summed E-state index contributed by atoms with van der Waals surface area (Å²) < 4.78 is 20.5. The molecule has 2 heterocycles. The second-order valence-electron chi connectivity index (χ2n) is 3.59. The van der Waals surface area contributed by atoms with Crippen molar-refractivity contribution in [2.45, 2.75) is 24.5 Å². The van der Waals surface area contributed by atoms with Gasteiger partial charge in [0.15, 0.2) is 6.23 Å². The van der Waals surface area contributed by atoms with Crippen LogP contribution in [0, 0.1) is 0 Å². The van der Waals surface area contributed by atoms with E-state index in [1.165, 1.54) is 0 Å². The zero-order chi connectivity index (χ0) is 14.3. The summed E-state index contributed by atoms with van der Waals surface area (Å²) in [6.45, 7) is -0.589. The Kier molecular flexibility index (Phi) is 2.48. The van der Waals surface area contributed by atoms with E-state index >= 15 is 0 Å². The molecular weight excluding hydrogens is 232 g/mol. The summed E-state index contributed by atoms with van der Waals surface area (Å²) in [6.07, 6.45) is -6.32. The number of nitrogens with zero attached hydrogens (tertiary/aromatic N) is 1. The van der Waals surface area contributed by atoms with Crippen LogP contribution in [0.1, 0.15) is 8.97 Å². The Morgan fingerprint density at radius 1 is 1.47 bits per heavy atom. The summed E-state index contributed by atoms with van der Waals surface area (Å²) in [5.41, 5.74) is -2.07. The first-order valence-corrected chi connectivity index (χ1v) is 4.83. The second kappa shape index (κ2) is 4.41. The molecule has 1 aliphatic heterocycles. The summed E-state index contributed by atoms with van der Waals surface area (Å²) in [6, 6.07) is -0.766. The molecular formula is C9H12N2O6. The van der Waals surface area contributed by atoms with Crippen LogP contribution in [0.15, 0.2) is 21.8 Å². The number of rotatable bonds is 2. The maximum absolute atomic E-state index is 11.6. The van der Waals surface area contributed by atoms with Gasteiger partial charge in [-0.1, -0.05) is 0 Å². The van der Waals surface area contributed by atoms with Gasteiger partial charge in [-0.15, -0.1) is 0 Å². The molecule has 0 radical (unpaired) electrons. The molecule has 4 N–H and O–H groups in total. The van der Waals surface area contributed by atoms with Crippen LogP contribution >= 0.6 is 0 Å². The molecule has 1 unspecified atom stereocenters. The largest absolute Gasteiger partial charge is 0.394 e. The zero-order valence-electron chi connectivity index (χ0n) is 10.5. The number of aliphatic hydroxyl groups excluding tert-OH is 3. The molecule has 1 aromatic heterocycles. The first-order chi connectivity index (χ1) is 8.88. The molecule has 0 aliphatic carbocycles. The van der Waals surface area contributed by atoms with Gasteiger partial charge in [0, 0.05) is 12.2 Å². The molecule has 0 spiro atoms. The van der Waals surface area contributed by atoms with E-state index in [-0.39, 0.29) is 0 Å². The first-order valence-electron chi connectivity index (χ1n) is 5.83. The van der Waals surface area contributed by atoms with Crippen molar-refractivity contribution < 1.29 is 22.8 Å². The van der Waals surface area contributed by atoms with E-state index in [0.717, 1.165) is 0 Å². The number of ether oxygens (including phenoxy) is 1. The highest BCUT2D eigenvalue weighted by Gasteiger charge is 2.43. The van der Waals surface area contributed by atoms with Crippen LogP contribution in [-0.2, 0) is 4.74 Å². The van der Waals surface area contributed by atoms with Gasteiger partial charge >= 0.3 is 5.69 Å². The number of hydrogen-bond donors (Lipinski definition) is 4. The number of H-pyrrole nitrogens is 1. The van der Waals surface area contributed by atoms with Crippen molar-refractivity contribution >= 4 is 0 Å². The van der Waals surface area contributed by atoms with Crippen LogP contribution in [-0.4, -0.2) is 49.8 Å². The summed E-state index contributed by atoms with van der Waals surface area (Å²) >= 11 is 0. The van der Waals surface area contributed by atoms with Gasteiger partial charge in [0.2, 0.25) is 0 Å². The molecule has 2 rings (SSSR count). The Morgan fingerprint density at radius 3 is 2.76 bits per heavy atom. The van der Waals surface area contributed by atoms with E-state index in [0.29, 0.717) is 4.57 Å². The summed E-state index contributed by atoms with van der Waals surface area (Å²) in [5, 5.41) is 28.2. The van der Waals surface area contributed by atoms with Crippen molar-refractivity contribution in [1.82, 2.24) is 9.55 Å². The monoisotopic (exact) mass is 246 g/mol. The Labute approximate surface area is 97.5 Å². The lowest BCUT2D eigenvalue weighted by molar-refractivity contribution is -0.0550.